The summed E-state index contributed by atoms with van der Waals surface area (Å²) in [7, 11) is 0. The third kappa shape index (κ3) is 3.71. The van der Waals surface area contributed by atoms with Crippen LogP contribution in [0.15, 0.2) is 11.4 Å². The molecule has 2 aromatic heterocycles. The number of likely N-dealkylation sites (tertiary alicyclic amines) is 1. The second-order valence-electron chi connectivity index (χ2n) is 6.72. The summed E-state index contributed by atoms with van der Waals surface area (Å²) in [6, 6.07) is 0. The minimum absolute atomic E-state index is 0.0113. The first-order valence-corrected chi connectivity index (χ1v) is 10.9. The van der Waals surface area contributed by atoms with Crippen LogP contribution in [0.3, 0.4) is 0 Å². The van der Waals surface area contributed by atoms with E-state index in [0.717, 1.165) is 54.0 Å². The fourth-order valence-electron chi connectivity index (χ4n) is 3.61. The van der Waals surface area contributed by atoms with E-state index in [-0.39, 0.29) is 24.1 Å². The average Bonchev–Trinajstić information content (AvgIpc) is 3.32. The third-order valence-electron chi connectivity index (χ3n) is 4.95. The number of nitrogens with one attached hydrogen (secondary N) is 1. The van der Waals surface area contributed by atoms with E-state index in [4.69, 9.17) is 0 Å². The molecule has 0 atom stereocenters. The molecule has 0 radical (unpaired) electrons. The summed E-state index contributed by atoms with van der Waals surface area (Å²) in [6.45, 7) is 1.71. The van der Waals surface area contributed by atoms with Gasteiger partial charge in [-0.2, -0.15) is 0 Å². The Labute approximate surface area is 160 Å². The van der Waals surface area contributed by atoms with E-state index in [0.29, 0.717) is 0 Å². The highest BCUT2D eigenvalue weighted by Crippen LogP contribution is 2.39. The fraction of sp³-hybridized carbons (Fsp3) is 0.556. The molecule has 1 N–H and O–H groups in total. The molecule has 1 saturated heterocycles. The van der Waals surface area contributed by atoms with Gasteiger partial charge >= 0.3 is 0 Å². The van der Waals surface area contributed by atoms with Crippen molar-refractivity contribution in [2.45, 2.75) is 43.6 Å². The topological polar surface area (TPSA) is 75.2 Å². The largest absolute Gasteiger partial charge is 0.346 e. The molecule has 1 aliphatic heterocycles. The van der Waals surface area contributed by atoms with Crippen molar-refractivity contribution >= 4 is 45.1 Å². The van der Waals surface area contributed by atoms with Crippen molar-refractivity contribution in [2.24, 2.45) is 0 Å². The van der Waals surface area contributed by atoms with Crippen molar-refractivity contribution in [3.05, 3.63) is 16.8 Å². The molecule has 6 nitrogen and oxygen atoms in total. The Balaban J connectivity index is 1.37. The molecule has 1 aliphatic carbocycles. The number of nitrogens with zero attached hydrogens (tertiary/aromatic N) is 3. The Bertz CT molecular complexity index is 830. The Morgan fingerprint density at radius 3 is 2.81 bits per heavy atom. The highest BCUT2D eigenvalue weighted by Gasteiger charge is 2.21. The van der Waals surface area contributed by atoms with Gasteiger partial charge in [-0.1, -0.05) is 11.8 Å². The van der Waals surface area contributed by atoms with Crippen LogP contribution in [0.2, 0.25) is 0 Å². The summed E-state index contributed by atoms with van der Waals surface area (Å²) >= 11 is 3.20. The Kier molecular flexibility index (Phi) is 5.40. The van der Waals surface area contributed by atoms with Crippen molar-refractivity contribution in [1.82, 2.24) is 20.2 Å². The molecule has 0 bridgehead atoms. The predicted molar refractivity (Wildman–Crippen MR) is 104 cm³/mol. The lowest BCUT2D eigenvalue weighted by Crippen LogP contribution is -2.39. The number of aryl methyl sites for hydroxylation is 2. The van der Waals surface area contributed by atoms with E-state index in [9.17, 15) is 9.59 Å². The number of rotatable bonds is 5. The monoisotopic (exact) mass is 390 g/mol. The minimum Gasteiger partial charge on any atom is -0.346 e. The van der Waals surface area contributed by atoms with Crippen LogP contribution in [-0.2, 0) is 22.4 Å². The lowest BCUT2D eigenvalue weighted by molar-refractivity contribution is -0.131. The zero-order chi connectivity index (χ0) is 17.9. The van der Waals surface area contributed by atoms with Crippen molar-refractivity contribution < 1.29 is 9.59 Å². The molecule has 1 fully saturated rings. The molecule has 0 unspecified atom stereocenters. The number of carbonyl (C=O) groups excluding carboxylic acids is 2. The minimum atomic E-state index is -0.126. The van der Waals surface area contributed by atoms with Crippen LogP contribution in [0.25, 0.3) is 10.2 Å². The molecule has 0 spiro atoms. The third-order valence-corrected chi connectivity index (χ3v) is 7.14. The molecule has 2 amide bonds. The molecular formula is C18H22N4O2S2. The fourth-order valence-corrected chi connectivity index (χ4v) is 5.76. The van der Waals surface area contributed by atoms with Crippen LogP contribution in [0.5, 0.6) is 0 Å². The molecule has 0 aromatic carbocycles. The van der Waals surface area contributed by atoms with Crippen molar-refractivity contribution in [2.75, 3.05) is 25.4 Å². The van der Waals surface area contributed by atoms with Gasteiger partial charge in [0.15, 0.2) is 0 Å². The number of hydrogen-bond donors (Lipinski definition) is 1. The van der Waals surface area contributed by atoms with Crippen LogP contribution >= 0.6 is 23.1 Å². The second kappa shape index (κ2) is 7.92. The maximum absolute atomic E-state index is 12.2. The van der Waals surface area contributed by atoms with Gasteiger partial charge in [0.2, 0.25) is 11.8 Å². The Hall–Kier alpha value is -1.67. The summed E-state index contributed by atoms with van der Waals surface area (Å²) < 4.78 is 0. The van der Waals surface area contributed by atoms with Crippen molar-refractivity contribution in [3.63, 3.8) is 0 Å². The lowest BCUT2D eigenvalue weighted by atomic mass is 9.97. The number of aromatic nitrogens is 2. The summed E-state index contributed by atoms with van der Waals surface area (Å²) in [5.74, 6) is 0.153. The summed E-state index contributed by atoms with van der Waals surface area (Å²) in [4.78, 5) is 37.3. The van der Waals surface area contributed by atoms with Gasteiger partial charge in [-0.25, -0.2) is 9.97 Å². The van der Waals surface area contributed by atoms with E-state index in [1.807, 2.05) is 4.90 Å². The number of thiophene rings is 1. The first-order valence-electron chi connectivity index (χ1n) is 9.15. The number of carbonyl (C=O) groups is 2. The van der Waals surface area contributed by atoms with E-state index in [1.165, 1.54) is 35.0 Å². The molecule has 26 heavy (non-hydrogen) atoms. The molecule has 2 aliphatic rings. The van der Waals surface area contributed by atoms with Crippen LogP contribution in [0.1, 0.15) is 36.1 Å². The van der Waals surface area contributed by atoms with Crippen LogP contribution < -0.4 is 5.32 Å². The highest BCUT2D eigenvalue weighted by atomic mass is 32.2. The molecular weight excluding hydrogens is 368 g/mol. The maximum Gasteiger partial charge on any atom is 0.241 e. The van der Waals surface area contributed by atoms with Crippen LogP contribution in [0.4, 0.5) is 0 Å². The first kappa shape index (κ1) is 17.7. The second-order valence-corrected chi connectivity index (χ2v) is 8.77. The number of thioether (sulfide) groups is 1. The standard InChI is InChI=1S/C18H22N4O2S2/c23-14(19-9-15(24)22-7-3-4-8-22)10-25-17-16-12-5-1-2-6-13(12)26-18(16)21-11-20-17/h11H,1-10H2,(H,19,23). The SMILES string of the molecule is O=C(CSc1ncnc2sc3c(c12)CCCC3)NCC(=O)N1CCCC1. The quantitative estimate of drug-likeness (QED) is 0.627. The van der Waals surface area contributed by atoms with Gasteiger partial charge in [0.05, 0.1) is 12.3 Å². The van der Waals surface area contributed by atoms with Crippen LogP contribution in [-0.4, -0.2) is 52.1 Å². The number of hydrogen-bond acceptors (Lipinski definition) is 6. The highest BCUT2D eigenvalue weighted by molar-refractivity contribution is 8.00. The summed E-state index contributed by atoms with van der Waals surface area (Å²) in [6.07, 6.45) is 8.35. The van der Waals surface area contributed by atoms with E-state index in [1.54, 1.807) is 17.7 Å². The molecule has 138 valence electrons. The number of amides is 2. The van der Waals surface area contributed by atoms with Gasteiger partial charge in [-0.15, -0.1) is 11.3 Å². The molecule has 4 rings (SSSR count). The van der Waals surface area contributed by atoms with Crippen molar-refractivity contribution in [3.8, 4) is 0 Å². The van der Waals surface area contributed by atoms with E-state index < -0.39 is 0 Å². The molecule has 3 heterocycles. The van der Waals surface area contributed by atoms with Crippen LogP contribution in [0, 0.1) is 0 Å². The maximum atomic E-state index is 12.2. The Morgan fingerprint density at radius 2 is 1.96 bits per heavy atom. The summed E-state index contributed by atoms with van der Waals surface area (Å²) in [5, 5.41) is 4.76. The van der Waals surface area contributed by atoms with E-state index in [2.05, 4.69) is 15.3 Å². The zero-order valence-corrected chi connectivity index (χ0v) is 16.3. The smallest absolute Gasteiger partial charge is 0.241 e. The van der Waals surface area contributed by atoms with Crippen molar-refractivity contribution in [1.29, 1.82) is 0 Å². The number of fused-ring (bicyclic) bond motifs is 3. The Morgan fingerprint density at radius 1 is 1.15 bits per heavy atom. The van der Waals surface area contributed by atoms with Gasteiger partial charge in [0, 0.05) is 23.4 Å². The van der Waals surface area contributed by atoms with E-state index >= 15 is 0 Å². The molecule has 8 heteroatoms. The van der Waals surface area contributed by atoms with Gasteiger partial charge in [-0.3, -0.25) is 9.59 Å². The lowest BCUT2D eigenvalue weighted by Gasteiger charge is -2.15. The predicted octanol–water partition coefficient (Wildman–Crippen LogP) is 2.40. The van der Waals surface area contributed by atoms with Gasteiger partial charge < -0.3 is 10.2 Å². The van der Waals surface area contributed by atoms with Gasteiger partial charge in [0.1, 0.15) is 16.2 Å². The molecule has 0 saturated carbocycles. The van der Waals surface area contributed by atoms with Gasteiger partial charge in [-0.05, 0) is 44.1 Å². The normalized spacial score (nSPS) is 16.7. The average molecular weight is 391 g/mol. The first-order chi connectivity index (χ1) is 12.7. The zero-order valence-electron chi connectivity index (χ0n) is 14.6. The molecule has 2 aromatic rings. The summed E-state index contributed by atoms with van der Waals surface area (Å²) in [5.41, 5.74) is 1.38. The van der Waals surface area contributed by atoms with Gasteiger partial charge in [0.25, 0.3) is 0 Å².